The van der Waals surface area contributed by atoms with Crippen molar-refractivity contribution in [1.29, 1.82) is 0 Å². The summed E-state index contributed by atoms with van der Waals surface area (Å²) in [5.41, 5.74) is 1.63. The molecule has 0 unspecified atom stereocenters. The van der Waals surface area contributed by atoms with E-state index in [1.165, 1.54) is 104 Å². The minimum atomic E-state index is -4.50. The third-order valence-corrected chi connectivity index (χ3v) is 10.2. The third kappa shape index (κ3) is 9.51. The molecule has 0 spiro atoms. The third-order valence-electron chi connectivity index (χ3n) is 6.74. The highest BCUT2D eigenvalue weighted by atomic mass is 32.2. The molecule has 0 aliphatic rings. The van der Waals surface area contributed by atoms with Gasteiger partial charge in [0, 0.05) is 4.91 Å². The van der Waals surface area contributed by atoms with Crippen LogP contribution in [0.1, 0.15) is 55.4 Å². The van der Waals surface area contributed by atoms with Crippen LogP contribution in [0.15, 0.2) is 63.4 Å². The van der Waals surface area contributed by atoms with E-state index in [0.29, 0.717) is 0 Å². The van der Waals surface area contributed by atoms with Gasteiger partial charge in [0.2, 0.25) is 37.8 Å². The molecule has 2 aromatic rings. The zero-order valence-electron chi connectivity index (χ0n) is 28.0. The SMILES string of the molecule is COC(=O)C(C)(C)NS(=O)(=O)c1ccccc1NC(=O)C(C)(C)NC(=O)C(C)(C)NS(=O)(=O)c1ccccc1NC(=O)C(C)(C)N=[N+]=[N-]. The number of benzene rings is 2. The van der Waals surface area contributed by atoms with Gasteiger partial charge in [0.1, 0.15) is 31.9 Å². The topological polar surface area (TPSA) is 255 Å². The van der Waals surface area contributed by atoms with Crippen molar-refractivity contribution in [2.24, 2.45) is 5.11 Å². The zero-order valence-corrected chi connectivity index (χ0v) is 29.6. The normalized spacial score (nSPS) is 12.7. The molecular weight excluding hydrogens is 668 g/mol. The summed E-state index contributed by atoms with van der Waals surface area (Å²) in [5, 5.41) is 10.8. The number of azide groups is 1. The number of para-hydroxylation sites is 2. The van der Waals surface area contributed by atoms with E-state index in [1.54, 1.807) is 0 Å². The number of carbonyl (C=O) groups is 4. The summed E-state index contributed by atoms with van der Waals surface area (Å²) in [6, 6.07) is 10.7. The maximum Gasteiger partial charge on any atom is 0.326 e. The van der Waals surface area contributed by atoms with E-state index in [2.05, 4.69) is 40.2 Å². The van der Waals surface area contributed by atoms with Crippen LogP contribution in [0.25, 0.3) is 10.4 Å². The van der Waals surface area contributed by atoms with Gasteiger partial charge in [-0.05, 0) is 85.2 Å². The van der Waals surface area contributed by atoms with Crippen molar-refractivity contribution in [3.63, 3.8) is 0 Å². The number of sulfonamides is 2. The molecule has 5 N–H and O–H groups in total. The minimum absolute atomic E-state index is 0.148. The number of carbonyl (C=O) groups excluding carboxylic acids is 4. The lowest BCUT2D eigenvalue weighted by Gasteiger charge is -2.32. The average Bonchev–Trinajstić information content (AvgIpc) is 2.95. The van der Waals surface area contributed by atoms with E-state index >= 15 is 0 Å². The lowest BCUT2D eigenvalue weighted by Crippen LogP contribution is -2.61. The summed E-state index contributed by atoms with van der Waals surface area (Å²) in [6.07, 6.45) is 0. The standard InChI is InChI=1S/C29H40N8O9S2/c1-26(2,22(38)31-18-14-10-13-17-21(18)48(44,45)36-29(7,8)25(41)46-9)33-24(40)28(5,6)35-47(42,43)20-16-12-11-15-19(20)32-23(39)27(3,4)34-37-30/h10-17,35-36H,1-9H3,(H,31,38)(H,32,39)(H,33,40). The highest BCUT2D eigenvalue weighted by Crippen LogP contribution is 2.26. The highest BCUT2D eigenvalue weighted by molar-refractivity contribution is 7.90. The molecule has 3 amide bonds. The summed E-state index contributed by atoms with van der Waals surface area (Å²) in [7, 11) is -7.79. The number of hydrogen-bond donors (Lipinski definition) is 5. The lowest BCUT2D eigenvalue weighted by atomic mass is 9.99. The van der Waals surface area contributed by atoms with Gasteiger partial charge in [-0.2, -0.15) is 9.44 Å². The van der Waals surface area contributed by atoms with Crippen LogP contribution in [0.3, 0.4) is 0 Å². The molecule has 0 aliphatic carbocycles. The summed E-state index contributed by atoms with van der Waals surface area (Å²) in [6.45, 7) is 10.4. The van der Waals surface area contributed by atoms with E-state index in [9.17, 15) is 36.0 Å². The van der Waals surface area contributed by atoms with Gasteiger partial charge in [-0.25, -0.2) is 16.8 Å². The van der Waals surface area contributed by atoms with Crippen molar-refractivity contribution in [2.45, 2.75) is 87.3 Å². The first-order chi connectivity index (χ1) is 21.8. The summed E-state index contributed by atoms with van der Waals surface area (Å²) in [4.78, 5) is 53.4. The summed E-state index contributed by atoms with van der Waals surface area (Å²) >= 11 is 0. The molecule has 0 radical (unpaired) electrons. The van der Waals surface area contributed by atoms with E-state index in [0.717, 1.165) is 7.11 Å². The Kier molecular flexibility index (Phi) is 11.8. The van der Waals surface area contributed by atoms with Crippen molar-refractivity contribution in [3.8, 4) is 0 Å². The molecule has 0 fully saturated rings. The first kappa shape index (κ1) is 39.6. The predicted octanol–water partition coefficient (Wildman–Crippen LogP) is 2.53. The fourth-order valence-electron chi connectivity index (χ4n) is 3.94. The largest absolute Gasteiger partial charge is 0.468 e. The number of methoxy groups -OCH3 is 1. The van der Waals surface area contributed by atoms with Gasteiger partial charge < -0.3 is 20.7 Å². The van der Waals surface area contributed by atoms with Gasteiger partial charge in [0.05, 0.1) is 18.5 Å². The molecule has 262 valence electrons. The average molecular weight is 709 g/mol. The number of ether oxygens (including phenoxy) is 1. The number of nitrogens with zero attached hydrogens (tertiary/aromatic N) is 3. The Morgan fingerprint density at radius 2 is 1.08 bits per heavy atom. The Bertz CT molecular complexity index is 1870. The molecular formula is C29H40N8O9S2. The van der Waals surface area contributed by atoms with Gasteiger partial charge in [-0.15, -0.1) is 0 Å². The molecule has 48 heavy (non-hydrogen) atoms. The Hall–Kier alpha value is -4.55. The van der Waals surface area contributed by atoms with Crippen LogP contribution in [0, 0.1) is 0 Å². The van der Waals surface area contributed by atoms with E-state index in [-0.39, 0.29) is 16.3 Å². The zero-order chi connectivity index (χ0) is 36.9. The molecule has 0 atom stereocenters. The maximum absolute atomic E-state index is 13.5. The number of amides is 3. The van der Waals surface area contributed by atoms with Crippen LogP contribution >= 0.6 is 0 Å². The molecule has 0 saturated heterocycles. The van der Waals surface area contributed by atoms with Crippen molar-refractivity contribution >= 4 is 55.1 Å². The molecule has 0 aliphatic heterocycles. The van der Waals surface area contributed by atoms with Crippen LogP contribution in [0.2, 0.25) is 0 Å². The Labute approximate surface area is 279 Å². The summed E-state index contributed by atoms with van der Waals surface area (Å²) in [5.74, 6) is -3.43. The molecule has 0 bridgehead atoms. The number of rotatable bonds is 14. The number of anilines is 2. The minimum Gasteiger partial charge on any atom is -0.468 e. The Balaban J connectivity index is 2.29. The maximum atomic E-state index is 13.5. The van der Waals surface area contributed by atoms with Crippen LogP contribution in [0.4, 0.5) is 11.4 Å². The highest BCUT2D eigenvalue weighted by Gasteiger charge is 2.40. The van der Waals surface area contributed by atoms with Gasteiger partial charge in [-0.1, -0.05) is 29.4 Å². The quantitative estimate of drug-likeness (QED) is 0.0835. The molecule has 2 aromatic carbocycles. The fourth-order valence-corrected chi connectivity index (χ4v) is 7.01. The van der Waals surface area contributed by atoms with Gasteiger partial charge in [0.15, 0.2) is 0 Å². The van der Waals surface area contributed by atoms with Crippen LogP contribution in [0.5, 0.6) is 0 Å². The predicted molar refractivity (Wildman–Crippen MR) is 176 cm³/mol. The van der Waals surface area contributed by atoms with Gasteiger partial charge in [0.25, 0.3) is 0 Å². The van der Waals surface area contributed by atoms with E-state index < -0.39 is 70.8 Å². The van der Waals surface area contributed by atoms with E-state index in [1.807, 2.05) is 0 Å². The van der Waals surface area contributed by atoms with Crippen LogP contribution < -0.4 is 25.4 Å². The second-order valence-corrected chi connectivity index (χ2v) is 16.0. The number of hydrogen-bond acceptors (Lipinski definition) is 10. The molecule has 0 aromatic heterocycles. The van der Waals surface area contributed by atoms with E-state index in [4.69, 9.17) is 5.53 Å². The monoisotopic (exact) mass is 708 g/mol. The molecule has 19 heteroatoms. The van der Waals surface area contributed by atoms with Gasteiger partial charge >= 0.3 is 5.97 Å². The smallest absolute Gasteiger partial charge is 0.326 e. The first-order valence-electron chi connectivity index (χ1n) is 14.2. The van der Waals surface area contributed by atoms with Crippen molar-refractivity contribution in [3.05, 3.63) is 59.0 Å². The first-order valence-corrected chi connectivity index (χ1v) is 17.2. The van der Waals surface area contributed by atoms with Crippen molar-refractivity contribution in [2.75, 3.05) is 17.7 Å². The number of nitrogens with one attached hydrogen (secondary N) is 5. The van der Waals surface area contributed by atoms with Crippen LogP contribution in [-0.4, -0.2) is 69.8 Å². The fraction of sp³-hybridized carbons (Fsp3) is 0.448. The summed E-state index contributed by atoms with van der Waals surface area (Å²) < 4.78 is 62.5. The molecule has 17 nitrogen and oxygen atoms in total. The second-order valence-electron chi connectivity index (χ2n) is 12.7. The van der Waals surface area contributed by atoms with Gasteiger partial charge in [-0.3, -0.25) is 19.2 Å². The second kappa shape index (κ2) is 14.3. The molecule has 2 rings (SSSR count). The molecule has 0 heterocycles. The Morgan fingerprint density at radius 1 is 0.667 bits per heavy atom. The van der Waals surface area contributed by atoms with Crippen molar-refractivity contribution in [1.82, 2.24) is 14.8 Å². The molecule has 0 saturated carbocycles. The Morgan fingerprint density at radius 3 is 1.52 bits per heavy atom. The number of esters is 1. The van der Waals surface area contributed by atoms with Crippen LogP contribution in [-0.2, 0) is 44.0 Å². The lowest BCUT2D eigenvalue weighted by molar-refractivity contribution is -0.146. The van der Waals surface area contributed by atoms with Crippen molar-refractivity contribution < 1.29 is 40.8 Å².